The predicted octanol–water partition coefficient (Wildman–Crippen LogP) is 1.32. The Bertz CT molecular complexity index is 491. The lowest BCUT2D eigenvalue weighted by molar-refractivity contribution is 0.100. The molecule has 0 spiro atoms. The SMILES string of the molecule is NC(=O)c1ccc(/C=C/S(=O)(=O)Cl)cc1. The van der Waals surface area contributed by atoms with Crippen LogP contribution in [0.3, 0.4) is 0 Å². The molecule has 1 aromatic carbocycles. The summed E-state index contributed by atoms with van der Waals surface area (Å²) in [5, 5.41) is 0.869. The van der Waals surface area contributed by atoms with E-state index in [1.807, 2.05) is 0 Å². The summed E-state index contributed by atoms with van der Waals surface area (Å²) in [5.74, 6) is -0.532. The Labute approximate surface area is 91.8 Å². The molecule has 1 amide bonds. The van der Waals surface area contributed by atoms with E-state index in [2.05, 4.69) is 0 Å². The van der Waals surface area contributed by atoms with Crippen LogP contribution in [0.5, 0.6) is 0 Å². The first kappa shape index (κ1) is 11.7. The van der Waals surface area contributed by atoms with Crippen LogP contribution in [0.4, 0.5) is 0 Å². The van der Waals surface area contributed by atoms with Gasteiger partial charge in [-0.2, -0.15) is 0 Å². The summed E-state index contributed by atoms with van der Waals surface area (Å²) < 4.78 is 21.2. The molecule has 0 saturated carbocycles. The third kappa shape index (κ3) is 4.14. The molecule has 0 atom stereocenters. The van der Waals surface area contributed by atoms with Gasteiger partial charge in [-0.3, -0.25) is 4.79 Å². The van der Waals surface area contributed by atoms with Crippen molar-refractivity contribution < 1.29 is 13.2 Å². The minimum absolute atomic E-state index is 0.362. The van der Waals surface area contributed by atoms with Gasteiger partial charge in [0.2, 0.25) is 5.91 Å². The third-order valence-electron chi connectivity index (χ3n) is 1.62. The molecule has 0 aromatic heterocycles. The van der Waals surface area contributed by atoms with Gasteiger partial charge in [0, 0.05) is 21.7 Å². The summed E-state index contributed by atoms with van der Waals surface area (Å²) in [6, 6.07) is 6.14. The maximum Gasteiger partial charge on any atom is 0.254 e. The molecule has 0 heterocycles. The van der Waals surface area contributed by atoms with Gasteiger partial charge in [-0.1, -0.05) is 12.1 Å². The third-order valence-corrected chi connectivity index (χ3v) is 2.39. The monoisotopic (exact) mass is 245 g/mol. The highest BCUT2D eigenvalue weighted by Crippen LogP contribution is 2.08. The standard InChI is InChI=1S/C9H8ClNO3S/c10-15(13,14)6-5-7-1-3-8(4-2-7)9(11)12/h1-6H,(H2,11,12)/b6-5+. The maximum absolute atomic E-state index is 10.7. The number of halogens is 1. The van der Waals surface area contributed by atoms with Crippen molar-refractivity contribution in [2.24, 2.45) is 5.73 Å². The summed E-state index contributed by atoms with van der Waals surface area (Å²) in [6.07, 6.45) is 1.33. The summed E-state index contributed by atoms with van der Waals surface area (Å²) in [4.78, 5) is 10.7. The van der Waals surface area contributed by atoms with Crippen LogP contribution in [-0.4, -0.2) is 14.3 Å². The second kappa shape index (κ2) is 4.46. The van der Waals surface area contributed by atoms with Gasteiger partial charge in [0.05, 0.1) is 0 Å². The smallest absolute Gasteiger partial charge is 0.254 e. The van der Waals surface area contributed by atoms with Crippen molar-refractivity contribution in [3.8, 4) is 0 Å². The van der Waals surface area contributed by atoms with E-state index in [9.17, 15) is 13.2 Å². The highest BCUT2D eigenvalue weighted by molar-refractivity contribution is 8.16. The molecule has 0 aliphatic rings. The Kier molecular flexibility index (Phi) is 3.49. The van der Waals surface area contributed by atoms with Gasteiger partial charge in [-0.25, -0.2) is 8.42 Å². The largest absolute Gasteiger partial charge is 0.366 e. The zero-order chi connectivity index (χ0) is 11.5. The van der Waals surface area contributed by atoms with Crippen molar-refractivity contribution in [3.63, 3.8) is 0 Å². The van der Waals surface area contributed by atoms with Crippen molar-refractivity contribution in [3.05, 3.63) is 40.8 Å². The highest BCUT2D eigenvalue weighted by atomic mass is 35.7. The van der Waals surface area contributed by atoms with E-state index in [4.69, 9.17) is 16.4 Å². The lowest BCUT2D eigenvalue weighted by atomic mass is 10.1. The molecule has 0 radical (unpaired) electrons. The summed E-state index contributed by atoms with van der Waals surface area (Å²) in [6.45, 7) is 0. The first-order valence-electron chi connectivity index (χ1n) is 3.91. The van der Waals surface area contributed by atoms with Gasteiger partial charge in [0.1, 0.15) is 0 Å². The second-order valence-corrected chi connectivity index (χ2v) is 5.28. The van der Waals surface area contributed by atoms with Crippen molar-refractivity contribution in [2.75, 3.05) is 0 Å². The second-order valence-electron chi connectivity index (χ2n) is 2.76. The molecule has 0 bridgehead atoms. The molecule has 80 valence electrons. The van der Waals surface area contributed by atoms with Gasteiger partial charge < -0.3 is 5.73 Å². The molecule has 0 aliphatic carbocycles. The number of rotatable bonds is 3. The number of hydrogen-bond donors (Lipinski definition) is 1. The quantitative estimate of drug-likeness (QED) is 0.816. The van der Waals surface area contributed by atoms with Crippen LogP contribution >= 0.6 is 10.7 Å². The minimum Gasteiger partial charge on any atom is -0.366 e. The maximum atomic E-state index is 10.7. The fourth-order valence-corrected chi connectivity index (χ4v) is 1.39. The van der Waals surface area contributed by atoms with E-state index in [1.165, 1.54) is 18.2 Å². The fourth-order valence-electron chi connectivity index (χ4n) is 0.918. The van der Waals surface area contributed by atoms with E-state index in [-0.39, 0.29) is 0 Å². The first-order chi connectivity index (χ1) is 6.88. The Balaban J connectivity index is 2.91. The van der Waals surface area contributed by atoms with Crippen molar-refractivity contribution in [1.29, 1.82) is 0 Å². The average Bonchev–Trinajstić information content (AvgIpc) is 2.14. The van der Waals surface area contributed by atoms with Crippen LogP contribution in [0.2, 0.25) is 0 Å². The molecule has 15 heavy (non-hydrogen) atoms. The van der Waals surface area contributed by atoms with Crippen LogP contribution < -0.4 is 5.73 Å². The van der Waals surface area contributed by atoms with E-state index in [0.717, 1.165) is 5.41 Å². The van der Waals surface area contributed by atoms with Gasteiger partial charge in [-0.05, 0) is 23.8 Å². The Morgan fingerprint density at radius 1 is 1.27 bits per heavy atom. The van der Waals surface area contributed by atoms with Crippen LogP contribution in [0.25, 0.3) is 6.08 Å². The molecule has 0 fully saturated rings. The molecule has 1 aromatic rings. The average molecular weight is 246 g/mol. The zero-order valence-corrected chi connectivity index (χ0v) is 9.12. The summed E-state index contributed by atoms with van der Waals surface area (Å²) in [5.41, 5.74) is 6.01. The molecule has 0 unspecified atom stereocenters. The van der Waals surface area contributed by atoms with Crippen molar-refractivity contribution in [2.45, 2.75) is 0 Å². The molecule has 0 aliphatic heterocycles. The number of benzene rings is 1. The molecule has 4 nitrogen and oxygen atoms in total. The topological polar surface area (TPSA) is 77.2 Å². The van der Waals surface area contributed by atoms with Crippen LogP contribution in [0.1, 0.15) is 15.9 Å². The minimum atomic E-state index is -3.65. The van der Waals surface area contributed by atoms with Gasteiger partial charge in [0.25, 0.3) is 9.05 Å². The number of carbonyl (C=O) groups is 1. The highest BCUT2D eigenvalue weighted by Gasteiger charge is 1.99. The van der Waals surface area contributed by atoms with Crippen LogP contribution in [-0.2, 0) is 9.05 Å². The van der Waals surface area contributed by atoms with Gasteiger partial charge in [0.15, 0.2) is 0 Å². The molecular formula is C9H8ClNO3S. The number of primary amides is 1. The zero-order valence-electron chi connectivity index (χ0n) is 7.55. The lowest BCUT2D eigenvalue weighted by Gasteiger charge is -1.95. The summed E-state index contributed by atoms with van der Waals surface area (Å²) >= 11 is 0. The van der Waals surface area contributed by atoms with E-state index >= 15 is 0 Å². The number of hydrogen-bond acceptors (Lipinski definition) is 3. The molecule has 6 heteroatoms. The van der Waals surface area contributed by atoms with Gasteiger partial charge >= 0.3 is 0 Å². The van der Waals surface area contributed by atoms with Gasteiger partial charge in [-0.15, -0.1) is 0 Å². The number of amides is 1. The first-order valence-corrected chi connectivity index (χ1v) is 6.28. The molecule has 1 rings (SSSR count). The molecular weight excluding hydrogens is 238 g/mol. The lowest BCUT2D eigenvalue weighted by Crippen LogP contribution is -2.10. The Morgan fingerprint density at radius 3 is 2.20 bits per heavy atom. The molecule has 0 saturated heterocycles. The van der Waals surface area contributed by atoms with E-state index < -0.39 is 15.0 Å². The fraction of sp³-hybridized carbons (Fsp3) is 0. The van der Waals surface area contributed by atoms with E-state index in [1.54, 1.807) is 12.1 Å². The number of nitrogens with two attached hydrogens (primary N) is 1. The predicted molar refractivity (Wildman–Crippen MR) is 58.8 cm³/mol. The van der Waals surface area contributed by atoms with Crippen molar-refractivity contribution in [1.82, 2.24) is 0 Å². The van der Waals surface area contributed by atoms with Crippen molar-refractivity contribution >= 4 is 31.7 Å². The van der Waals surface area contributed by atoms with Crippen LogP contribution in [0.15, 0.2) is 29.7 Å². The normalized spacial score (nSPS) is 11.8. The van der Waals surface area contributed by atoms with E-state index in [0.29, 0.717) is 11.1 Å². The summed E-state index contributed by atoms with van der Waals surface area (Å²) in [7, 11) is 1.33. The number of carbonyl (C=O) groups excluding carboxylic acids is 1. The Morgan fingerprint density at radius 2 is 1.80 bits per heavy atom. The Hall–Kier alpha value is -1.33. The molecule has 2 N–H and O–H groups in total. The van der Waals surface area contributed by atoms with Crippen LogP contribution in [0, 0.1) is 0 Å².